The number of nitriles is 1. The van der Waals surface area contributed by atoms with Crippen LogP contribution < -0.4 is 14.8 Å². The summed E-state index contributed by atoms with van der Waals surface area (Å²) in [5.41, 5.74) is 2.00. The summed E-state index contributed by atoms with van der Waals surface area (Å²) in [4.78, 5) is 12.4. The van der Waals surface area contributed by atoms with Gasteiger partial charge in [0.15, 0.2) is 11.5 Å². The van der Waals surface area contributed by atoms with Crippen molar-refractivity contribution in [2.24, 2.45) is 0 Å². The first-order valence-corrected chi connectivity index (χ1v) is 11.0. The molecule has 0 heterocycles. The Morgan fingerprint density at radius 1 is 1.30 bits per heavy atom. The second-order valence-corrected chi connectivity index (χ2v) is 8.05. The maximum Gasteiger partial charge on any atom is 0.261 e. The van der Waals surface area contributed by atoms with Gasteiger partial charge in [0, 0.05) is 6.54 Å². The smallest absolute Gasteiger partial charge is 0.261 e. The third-order valence-electron chi connectivity index (χ3n) is 4.59. The molecule has 0 radical (unpaired) electrons. The van der Waals surface area contributed by atoms with Gasteiger partial charge in [-0.1, -0.05) is 37.3 Å². The van der Waals surface area contributed by atoms with Gasteiger partial charge in [-0.05, 0) is 78.1 Å². The number of nitrogens with one attached hydrogen (secondary N) is 1. The molecule has 2 aromatic rings. The number of carbonyl (C=O) groups excluding carboxylic acids is 1. The van der Waals surface area contributed by atoms with E-state index >= 15 is 0 Å². The Bertz CT molecular complexity index is 920. The van der Waals surface area contributed by atoms with Gasteiger partial charge in [-0.25, -0.2) is 0 Å². The zero-order valence-corrected chi connectivity index (χ0v) is 19.7. The number of hydrogen-bond acceptors (Lipinski definition) is 4. The minimum absolute atomic E-state index is 0.0585. The van der Waals surface area contributed by atoms with E-state index in [1.165, 1.54) is 5.56 Å². The lowest BCUT2D eigenvalue weighted by Gasteiger charge is -2.17. The molecule has 0 bridgehead atoms. The van der Waals surface area contributed by atoms with E-state index in [1.54, 1.807) is 19.3 Å². The number of ether oxygens (including phenoxy) is 2. The molecule has 30 heavy (non-hydrogen) atoms. The highest BCUT2D eigenvalue weighted by Crippen LogP contribution is 2.35. The van der Waals surface area contributed by atoms with Crippen LogP contribution in [0.1, 0.15) is 37.8 Å². The van der Waals surface area contributed by atoms with Crippen molar-refractivity contribution in [2.75, 3.05) is 13.7 Å². The average Bonchev–Trinajstić information content (AvgIpc) is 2.76. The number of carbonyl (C=O) groups is 1. The molecule has 0 saturated heterocycles. The predicted octanol–water partition coefficient (Wildman–Crippen LogP) is 5.13. The Hall–Kier alpha value is -2.53. The number of amides is 1. The molecule has 0 unspecified atom stereocenters. The van der Waals surface area contributed by atoms with Gasteiger partial charge in [0.05, 0.1) is 16.8 Å². The monoisotopic (exact) mass is 518 g/mol. The first-order valence-electron chi connectivity index (χ1n) is 9.96. The van der Waals surface area contributed by atoms with Crippen LogP contribution in [-0.2, 0) is 11.2 Å². The Balaban J connectivity index is 2.06. The third-order valence-corrected chi connectivity index (χ3v) is 5.39. The normalized spacial score (nSPS) is 12.0. The molecule has 1 amide bonds. The molecule has 1 atom stereocenters. The van der Waals surface area contributed by atoms with E-state index in [1.807, 2.05) is 37.3 Å². The van der Waals surface area contributed by atoms with Gasteiger partial charge < -0.3 is 14.8 Å². The van der Waals surface area contributed by atoms with E-state index in [0.29, 0.717) is 23.6 Å². The molecule has 1 N–H and O–H groups in total. The highest BCUT2D eigenvalue weighted by Gasteiger charge is 2.15. The molecule has 0 saturated carbocycles. The number of hydrogen-bond donors (Lipinski definition) is 1. The molecular weight excluding hydrogens is 491 g/mol. The predicted molar refractivity (Wildman–Crippen MR) is 127 cm³/mol. The summed E-state index contributed by atoms with van der Waals surface area (Å²) in [5.74, 6) is 0.877. The van der Waals surface area contributed by atoms with Crippen LogP contribution >= 0.6 is 22.6 Å². The van der Waals surface area contributed by atoms with E-state index in [-0.39, 0.29) is 17.6 Å². The van der Waals surface area contributed by atoms with E-state index in [9.17, 15) is 10.1 Å². The van der Waals surface area contributed by atoms with Crippen molar-refractivity contribution in [3.05, 3.63) is 62.7 Å². The van der Waals surface area contributed by atoms with Crippen LogP contribution in [0, 0.1) is 14.9 Å². The minimum Gasteiger partial charge on any atom is -0.493 e. The summed E-state index contributed by atoms with van der Waals surface area (Å²) < 4.78 is 12.3. The number of aryl methyl sites for hydroxylation is 1. The van der Waals surface area contributed by atoms with Crippen LogP contribution in [0.4, 0.5) is 0 Å². The van der Waals surface area contributed by atoms with Gasteiger partial charge >= 0.3 is 0 Å². The average molecular weight is 518 g/mol. The van der Waals surface area contributed by atoms with Crippen LogP contribution in [0.15, 0.2) is 48.0 Å². The number of methoxy groups -OCH3 is 1. The number of nitrogens with zero attached hydrogens (tertiary/aromatic N) is 1. The summed E-state index contributed by atoms with van der Waals surface area (Å²) in [6.45, 7) is 4.56. The van der Waals surface area contributed by atoms with Gasteiger partial charge in [0.1, 0.15) is 11.6 Å². The molecule has 6 heteroatoms. The van der Waals surface area contributed by atoms with Crippen molar-refractivity contribution < 1.29 is 14.3 Å². The molecule has 5 nitrogen and oxygen atoms in total. The van der Waals surface area contributed by atoms with Gasteiger partial charge in [0.25, 0.3) is 5.91 Å². The Morgan fingerprint density at radius 2 is 2.03 bits per heavy atom. The van der Waals surface area contributed by atoms with Crippen molar-refractivity contribution in [3.63, 3.8) is 0 Å². The van der Waals surface area contributed by atoms with Crippen LogP contribution in [0.3, 0.4) is 0 Å². The van der Waals surface area contributed by atoms with Crippen molar-refractivity contribution in [3.8, 4) is 17.6 Å². The molecule has 158 valence electrons. The zero-order valence-electron chi connectivity index (χ0n) is 17.6. The maximum atomic E-state index is 12.4. The topological polar surface area (TPSA) is 71.3 Å². The fraction of sp³-hybridized carbons (Fsp3) is 0.333. The van der Waals surface area contributed by atoms with Crippen molar-refractivity contribution in [2.45, 2.75) is 39.2 Å². The van der Waals surface area contributed by atoms with Crippen molar-refractivity contribution >= 4 is 34.6 Å². The van der Waals surface area contributed by atoms with Gasteiger partial charge in [-0.3, -0.25) is 4.79 Å². The lowest BCUT2D eigenvalue weighted by atomic mass is 10.1. The Labute approximate surface area is 192 Å². The second kappa shape index (κ2) is 12.2. The summed E-state index contributed by atoms with van der Waals surface area (Å²) >= 11 is 2.18. The standard InChI is InChI=1S/C24H27IN2O3/c1-4-17(2)30-23-21(25)14-19(15-22(23)29-3)13-20(16-26)24(28)27-12-8-11-18-9-6-5-7-10-18/h5-7,9-10,13-15,17H,4,8,11-12H2,1-3H3,(H,27,28)/b20-13-/t17-/m1/s1. The van der Waals surface area contributed by atoms with E-state index in [4.69, 9.17) is 9.47 Å². The van der Waals surface area contributed by atoms with E-state index in [2.05, 4.69) is 47.0 Å². The fourth-order valence-electron chi connectivity index (χ4n) is 2.77. The molecule has 2 aromatic carbocycles. The maximum absolute atomic E-state index is 12.4. The van der Waals surface area contributed by atoms with Crippen molar-refractivity contribution in [1.29, 1.82) is 5.26 Å². The van der Waals surface area contributed by atoms with Crippen LogP contribution in [0.5, 0.6) is 11.5 Å². The van der Waals surface area contributed by atoms with Crippen LogP contribution in [0.2, 0.25) is 0 Å². The molecule has 0 spiro atoms. The molecular formula is C24H27IN2O3. The molecule has 0 aromatic heterocycles. The van der Waals surface area contributed by atoms with Gasteiger partial charge in [-0.15, -0.1) is 0 Å². The number of benzene rings is 2. The lowest BCUT2D eigenvalue weighted by Crippen LogP contribution is -2.25. The van der Waals surface area contributed by atoms with Gasteiger partial charge in [-0.2, -0.15) is 5.26 Å². The molecule has 0 aliphatic heterocycles. The second-order valence-electron chi connectivity index (χ2n) is 6.89. The zero-order chi connectivity index (χ0) is 21.9. The van der Waals surface area contributed by atoms with E-state index in [0.717, 1.165) is 22.8 Å². The van der Waals surface area contributed by atoms with Crippen LogP contribution in [-0.4, -0.2) is 25.7 Å². The molecule has 0 fully saturated rings. The van der Waals surface area contributed by atoms with Crippen LogP contribution in [0.25, 0.3) is 6.08 Å². The molecule has 0 aliphatic carbocycles. The van der Waals surface area contributed by atoms with Gasteiger partial charge in [0.2, 0.25) is 0 Å². The first kappa shape index (κ1) is 23.7. The SMILES string of the molecule is CC[C@@H](C)Oc1c(I)cc(/C=C(/C#N)C(=O)NCCCc2ccccc2)cc1OC. The highest BCUT2D eigenvalue weighted by molar-refractivity contribution is 14.1. The summed E-state index contributed by atoms with van der Waals surface area (Å²) in [5, 5.41) is 12.3. The summed E-state index contributed by atoms with van der Waals surface area (Å²) in [6.07, 6.45) is 4.19. The Morgan fingerprint density at radius 3 is 2.67 bits per heavy atom. The Kier molecular flexibility index (Phi) is 9.68. The highest BCUT2D eigenvalue weighted by atomic mass is 127. The number of halogens is 1. The van der Waals surface area contributed by atoms with E-state index < -0.39 is 0 Å². The summed E-state index contributed by atoms with van der Waals surface area (Å²) in [6, 6.07) is 15.8. The quantitative estimate of drug-likeness (QED) is 0.205. The van der Waals surface area contributed by atoms with Crippen molar-refractivity contribution in [1.82, 2.24) is 5.32 Å². The molecule has 2 rings (SSSR count). The minimum atomic E-state index is -0.375. The molecule has 0 aliphatic rings. The fourth-order valence-corrected chi connectivity index (χ4v) is 3.52. The number of rotatable bonds is 10. The third kappa shape index (κ3) is 7.06. The lowest BCUT2D eigenvalue weighted by molar-refractivity contribution is -0.117. The largest absolute Gasteiger partial charge is 0.493 e. The first-order chi connectivity index (χ1) is 14.5. The summed E-state index contributed by atoms with van der Waals surface area (Å²) in [7, 11) is 1.58.